The number of esters is 2. The van der Waals surface area contributed by atoms with Gasteiger partial charge in [0.1, 0.15) is 6.61 Å². The van der Waals surface area contributed by atoms with E-state index in [2.05, 4.69) is 62.5 Å². The number of carboxylic acid groups (broad SMARTS) is 1. The van der Waals surface area contributed by atoms with Crippen molar-refractivity contribution in [3.05, 3.63) is 48.6 Å². The second kappa shape index (κ2) is 39.1. The van der Waals surface area contributed by atoms with Gasteiger partial charge in [-0.15, -0.1) is 0 Å². The predicted octanol–water partition coefficient (Wildman–Crippen LogP) is 12.4. The molecule has 2 atom stereocenters. The van der Waals surface area contributed by atoms with Gasteiger partial charge in [-0.05, 0) is 70.6 Å². The molecule has 0 bridgehead atoms. The van der Waals surface area contributed by atoms with Crippen LogP contribution < -0.4 is 0 Å². The topological polar surface area (TPSA) is 99.1 Å². The zero-order valence-electron chi connectivity index (χ0n) is 36.8. The van der Waals surface area contributed by atoms with Crippen LogP contribution in [-0.2, 0) is 28.6 Å². The van der Waals surface area contributed by atoms with Gasteiger partial charge >= 0.3 is 17.9 Å². The van der Waals surface area contributed by atoms with Crippen molar-refractivity contribution in [2.45, 2.75) is 199 Å². The summed E-state index contributed by atoms with van der Waals surface area (Å²) in [6.45, 7) is 4.66. The summed E-state index contributed by atoms with van der Waals surface area (Å²) >= 11 is 0. The summed E-state index contributed by atoms with van der Waals surface area (Å²) in [6.07, 6.45) is 45.7. The van der Waals surface area contributed by atoms with Crippen LogP contribution in [0.25, 0.3) is 0 Å². The summed E-state index contributed by atoms with van der Waals surface area (Å²) in [5, 5.41) is 9.62. The molecule has 0 fully saturated rings. The van der Waals surface area contributed by atoms with Gasteiger partial charge in [-0.1, -0.05) is 146 Å². The lowest BCUT2D eigenvalue weighted by Crippen LogP contribution is -2.50. The third-order valence-electron chi connectivity index (χ3n) is 9.95. The van der Waals surface area contributed by atoms with Gasteiger partial charge in [0.25, 0.3) is 0 Å². The van der Waals surface area contributed by atoms with Gasteiger partial charge in [0.15, 0.2) is 12.1 Å². The Morgan fingerprint density at radius 1 is 0.536 bits per heavy atom. The molecule has 324 valence electrons. The second-order valence-electron chi connectivity index (χ2n) is 16.3. The smallest absolute Gasteiger partial charge is 0.362 e. The van der Waals surface area contributed by atoms with E-state index in [4.69, 9.17) is 14.2 Å². The molecule has 0 saturated heterocycles. The molecule has 2 unspecified atom stereocenters. The molecule has 8 nitrogen and oxygen atoms in total. The monoisotopic (exact) mass is 789 g/mol. The van der Waals surface area contributed by atoms with E-state index in [1.807, 2.05) is 21.1 Å². The molecular weight excluding hydrogens is 703 g/mol. The third-order valence-corrected chi connectivity index (χ3v) is 9.95. The van der Waals surface area contributed by atoms with Crippen molar-refractivity contribution in [2.24, 2.45) is 0 Å². The van der Waals surface area contributed by atoms with Gasteiger partial charge in [-0.2, -0.15) is 0 Å². The van der Waals surface area contributed by atoms with Crippen LogP contribution in [0.2, 0.25) is 0 Å². The summed E-state index contributed by atoms with van der Waals surface area (Å²) in [5.74, 6) is -1.50. The Labute approximate surface area is 344 Å². The minimum absolute atomic E-state index is 0.0527. The van der Waals surface area contributed by atoms with Crippen LogP contribution in [0.15, 0.2) is 48.6 Å². The maximum atomic E-state index is 12.7. The fraction of sp³-hybridized carbons (Fsp3) is 0.771. The molecule has 0 spiro atoms. The third kappa shape index (κ3) is 36.9. The number of hydrogen-bond acceptors (Lipinski definition) is 6. The number of carbonyl (C=O) groups excluding carboxylic acids is 2. The number of hydrogen-bond donors (Lipinski definition) is 1. The van der Waals surface area contributed by atoms with Crippen LogP contribution in [0, 0.1) is 0 Å². The normalized spacial score (nSPS) is 13.4. The summed E-state index contributed by atoms with van der Waals surface area (Å²) in [4.78, 5) is 37.0. The molecule has 0 saturated carbocycles. The minimum atomic E-state index is -0.879. The van der Waals surface area contributed by atoms with E-state index >= 15 is 0 Å². The molecule has 8 heteroatoms. The molecule has 0 aliphatic carbocycles. The van der Waals surface area contributed by atoms with Crippen LogP contribution in [0.3, 0.4) is 0 Å². The van der Waals surface area contributed by atoms with E-state index in [0.29, 0.717) is 19.3 Å². The lowest BCUT2D eigenvalue weighted by Gasteiger charge is -2.31. The molecule has 1 N–H and O–H groups in total. The van der Waals surface area contributed by atoms with Crippen molar-refractivity contribution in [1.29, 1.82) is 0 Å². The van der Waals surface area contributed by atoms with Crippen molar-refractivity contribution in [3.8, 4) is 0 Å². The number of carboxylic acids is 1. The Hall–Kier alpha value is -2.71. The van der Waals surface area contributed by atoms with Gasteiger partial charge in [0, 0.05) is 19.3 Å². The average molecular weight is 789 g/mol. The summed E-state index contributed by atoms with van der Waals surface area (Å²) in [6, 6.07) is -0.619. The first-order valence-electron chi connectivity index (χ1n) is 22.7. The highest BCUT2D eigenvalue weighted by Crippen LogP contribution is 2.14. The Morgan fingerprint density at radius 2 is 0.964 bits per heavy atom. The van der Waals surface area contributed by atoms with E-state index in [1.54, 1.807) is 0 Å². The number of likely N-dealkylation sites (N-methyl/N-ethyl adjacent to an activating group) is 1. The summed E-state index contributed by atoms with van der Waals surface area (Å²) in [5.41, 5.74) is 0. The molecular formula is C48H86NO7+. The van der Waals surface area contributed by atoms with Crippen LogP contribution in [0.5, 0.6) is 0 Å². The SMILES string of the molecule is CCCC/C=C\C/C=C\CCCCCCCC(=O)OCC(COCCC(C(=O)O)[N+](C)(C)C)OC(=O)CCCCCCCCC/C=C\C/C=C\CCCCCC. The van der Waals surface area contributed by atoms with E-state index in [0.717, 1.165) is 77.0 Å². The van der Waals surface area contributed by atoms with Gasteiger partial charge in [-0.25, -0.2) is 4.79 Å². The predicted molar refractivity (Wildman–Crippen MR) is 234 cm³/mol. The number of quaternary nitrogens is 1. The molecule has 0 aromatic rings. The molecule has 0 rings (SSSR count). The molecule has 0 aromatic carbocycles. The van der Waals surface area contributed by atoms with Crippen molar-refractivity contribution in [3.63, 3.8) is 0 Å². The molecule has 0 aliphatic heterocycles. The van der Waals surface area contributed by atoms with Crippen LogP contribution in [0.1, 0.15) is 187 Å². The fourth-order valence-corrected chi connectivity index (χ4v) is 6.37. The highest BCUT2D eigenvalue weighted by molar-refractivity contribution is 5.72. The van der Waals surface area contributed by atoms with Gasteiger partial charge in [0.2, 0.25) is 0 Å². The van der Waals surface area contributed by atoms with Crippen molar-refractivity contribution < 1.29 is 38.2 Å². The quantitative estimate of drug-likeness (QED) is 0.0286. The molecule has 0 heterocycles. The van der Waals surface area contributed by atoms with E-state index in [9.17, 15) is 19.5 Å². The Kier molecular flexibility index (Phi) is 37.2. The van der Waals surface area contributed by atoms with Crippen LogP contribution >= 0.6 is 0 Å². The number of ether oxygens (including phenoxy) is 3. The first kappa shape index (κ1) is 53.3. The Bertz CT molecular complexity index is 1060. The number of aliphatic carboxylic acids is 1. The lowest BCUT2D eigenvalue weighted by atomic mass is 10.1. The first-order valence-corrected chi connectivity index (χ1v) is 22.7. The van der Waals surface area contributed by atoms with Gasteiger partial charge < -0.3 is 23.8 Å². The minimum Gasteiger partial charge on any atom is -0.477 e. The van der Waals surface area contributed by atoms with Gasteiger partial charge in [0.05, 0.1) is 34.4 Å². The number of nitrogens with zero attached hydrogens (tertiary/aromatic N) is 1. The van der Waals surface area contributed by atoms with E-state index in [1.165, 1.54) is 77.0 Å². The molecule has 0 aromatic heterocycles. The highest BCUT2D eigenvalue weighted by atomic mass is 16.6. The zero-order valence-corrected chi connectivity index (χ0v) is 36.8. The number of allylic oxidation sites excluding steroid dienone is 8. The standard InChI is InChI=1S/C48H85NO7/c1-6-8-10-12-14-16-18-20-22-23-24-25-27-29-31-33-35-37-39-47(51)56-44(42-54-41-40-45(48(52)53)49(3,4)5)43-55-46(50)38-36-34-32-30-28-26-21-19-17-15-13-11-9-7-2/h13,15-16,18-19,21-23,44-45H,6-12,14,17,20,24-43H2,1-5H3/p+1/b15-13-,18-16-,21-19-,23-22-. The van der Waals surface area contributed by atoms with Crippen molar-refractivity contribution in [1.82, 2.24) is 0 Å². The summed E-state index contributed by atoms with van der Waals surface area (Å²) in [7, 11) is 5.52. The molecule has 0 radical (unpaired) electrons. The van der Waals surface area contributed by atoms with Gasteiger partial charge in [-0.3, -0.25) is 9.59 Å². The maximum Gasteiger partial charge on any atom is 0.362 e. The Balaban J connectivity index is 4.36. The lowest BCUT2D eigenvalue weighted by molar-refractivity contribution is -0.887. The zero-order chi connectivity index (χ0) is 41.4. The molecule has 0 amide bonds. The van der Waals surface area contributed by atoms with Crippen molar-refractivity contribution >= 4 is 17.9 Å². The number of rotatable bonds is 40. The average Bonchev–Trinajstić information content (AvgIpc) is 3.15. The van der Waals surface area contributed by atoms with E-state index < -0.39 is 18.1 Å². The number of carbonyl (C=O) groups is 3. The molecule has 0 aliphatic rings. The first-order chi connectivity index (χ1) is 27.1. The Morgan fingerprint density at radius 3 is 1.43 bits per heavy atom. The maximum absolute atomic E-state index is 12.7. The van der Waals surface area contributed by atoms with E-state index in [-0.39, 0.29) is 36.2 Å². The van der Waals surface area contributed by atoms with Crippen LogP contribution in [-0.4, -0.2) is 80.6 Å². The highest BCUT2D eigenvalue weighted by Gasteiger charge is 2.31. The number of unbranched alkanes of at least 4 members (excludes halogenated alkanes) is 18. The fourth-order valence-electron chi connectivity index (χ4n) is 6.37. The molecule has 56 heavy (non-hydrogen) atoms. The largest absolute Gasteiger partial charge is 0.477 e. The second-order valence-corrected chi connectivity index (χ2v) is 16.3. The van der Waals surface area contributed by atoms with Crippen molar-refractivity contribution in [2.75, 3.05) is 41.0 Å². The van der Waals surface area contributed by atoms with Crippen LogP contribution in [0.4, 0.5) is 0 Å². The summed E-state index contributed by atoms with van der Waals surface area (Å²) < 4.78 is 17.3.